The number of benzene rings is 3. The van der Waals surface area contributed by atoms with Crippen molar-refractivity contribution in [2.45, 2.75) is 12.8 Å². The van der Waals surface area contributed by atoms with Gasteiger partial charge in [-0.3, -0.25) is 4.79 Å². The molecule has 2 N–H and O–H groups in total. The fourth-order valence-electron chi connectivity index (χ4n) is 3.03. The van der Waals surface area contributed by atoms with E-state index in [0.29, 0.717) is 28.7 Å². The summed E-state index contributed by atoms with van der Waals surface area (Å²) in [6, 6.07) is 20.5. The summed E-state index contributed by atoms with van der Waals surface area (Å²) >= 11 is 0. The molecule has 0 saturated heterocycles. The quantitative estimate of drug-likeness (QED) is 0.566. The van der Waals surface area contributed by atoms with Gasteiger partial charge in [0.1, 0.15) is 16.7 Å². The summed E-state index contributed by atoms with van der Waals surface area (Å²) in [6.45, 7) is 0. The van der Waals surface area contributed by atoms with E-state index in [4.69, 9.17) is 5.11 Å². The van der Waals surface area contributed by atoms with Gasteiger partial charge in [0.15, 0.2) is 5.75 Å². The Labute approximate surface area is 155 Å². The first-order valence-corrected chi connectivity index (χ1v) is 8.57. The number of aryl methyl sites for hydroxylation is 1. The van der Waals surface area contributed by atoms with Crippen LogP contribution >= 0.6 is 0 Å². The van der Waals surface area contributed by atoms with Gasteiger partial charge in [0.2, 0.25) is 0 Å². The van der Waals surface area contributed by atoms with Crippen LogP contribution in [0.15, 0.2) is 66.7 Å². The first-order chi connectivity index (χ1) is 13.1. The van der Waals surface area contributed by atoms with Gasteiger partial charge in [-0.25, -0.2) is 0 Å². The third-order valence-electron chi connectivity index (χ3n) is 4.36. The summed E-state index contributed by atoms with van der Waals surface area (Å²) in [7, 11) is 0. The zero-order valence-corrected chi connectivity index (χ0v) is 14.4. The third kappa shape index (κ3) is 3.37. The lowest BCUT2D eigenvalue weighted by atomic mass is 9.98. The second kappa shape index (κ2) is 6.92. The van der Waals surface area contributed by atoms with Crippen LogP contribution in [0.3, 0.4) is 0 Å². The fraction of sp³-hybridized carbons (Fsp3) is 0.0952. The Hall–Kier alpha value is -3.67. The second-order valence-corrected chi connectivity index (χ2v) is 6.25. The predicted octanol–water partition coefficient (Wildman–Crippen LogP) is 3.81. The lowest BCUT2D eigenvalue weighted by Crippen LogP contribution is -2.03. The van der Waals surface area contributed by atoms with Crippen molar-refractivity contribution in [2.24, 2.45) is 0 Å². The first-order valence-electron chi connectivity index (χ1n) is 8.57. The number of fused-ring (bicyclic) bond motifs is 1. The Balaban J connectivity index is 1.88. The molecule has 0 saturated carbocycles. The Morgan fingerprint density at radius 3 is 2.19 bits per heavy atom. The molecule has 0 spiro atoms. The van der Waals surface area contributed by atoms with Crippen molar-refractivity contribution in [3.63, 3.8) is 0 Å². The van der Waals surface area contributed by atoms with Crippen LogP contribution in [0.25, 0.3) is 27.8 Å². The Morgan fingerprint density at radius 2 is 1.56 bits per heavy atom. The van der Waals surface area contributed by atoms with Gasteiger partial charge in [0.25, 0.3) is 0 Å². The number of carboxylic acid groups (broad SMARTS) is 1. The molecule has 0 aliphatic heterocycles. The van der Waals surface area contributed by atoms with Crippen molar-refractivity contribution in [1.29, 1.82) is 0 Å². The Morgan fingerprint density at radius 1 is 0.926 bits per heavy atom. The van der Waals surface area contributed by atoms with E-state index in [9.17, 15) is 9.90 Å². The number of hydrogen-bond acceptors (Lipinski definition) is 4. The molecule has 0 unspecified atom stereocenters. The Bertz CT molecular complexity index is 1090. The predicted molar refractivity (Wildman–Crippen MR) is 102 cm³/mol. The van der Waals surface area contributed by atoms with E-state index in [0.717, 1.165) is 11.1 Å². The molecule has 6 nitrogen and oxygen atoms in total. The number of carboxylic acids is 1. The van der Waals surface area contributed by atoms with E-state index >= 15 is 0 Å². The van der Waals surface area contributed by atoms with Gasteiger partial charge in [0.05, 0.1) is 0 Å². The molecule has 4 aromatic rings. The van der Waals surface area contributed by atoms with Crippen molar-refractivity contribution >= 4 is 17.0 Å². The maximum atomic E-state index is 11.0. The monoisotopic (exact) mass is 359 g/mol. The number of hydrogen-bond donors (Lipinski definition) is 2. The van der Waals surface area contributed by atoms with Crippen molar-refractivity contribution in [3.05, 3.63) is 72.3 Å². The van der Waals surface area contributed by atoms with Crippen molar-refractivity contribution in [1.82, 2.24) is 15.0 Å². The molecule has 27 heavy (non-hydrogen) atoms. The number of aromatic nitrogens is 3. The van der Waals surface area contributed by atoms with Crippen molar-refractivity contribution < 1.29 is 15.0 Å². The molecular weight excluding hydrogens is 342 g/mol. The number of phenols is 1. The van der Waals surface area contributed by atoms with Gasteiger partial charge >= 0.3 is 5.97 Å². The lowest BCUT2D eigenvalue weighted by Gasteiger charge is -2.12. The zero-order chi connectivity index (χ0) is 18.8. The van der Waals surface area contributed by atoms with Gasteiger partial charge in [-0.2, -0.15) is 0 Å². The summed E-state index contributed by atoms with van der Waals surface area (Å²) in [5.41, 5.74) is 4.11. The number of carbonyl (C=O) groups is 1. The SMILES string of the molecule is O=C(O)CCc1cc(-c2ccccc2)c(O)c(-n2nc3ccccc3n2)c1. The molecule has 0 aliphatic rings. The minimum Gasteiger partial charge on any atom is -0.505 e. The average molecular weight is 359 g/mol. The maximum absolute atomic E-state index is 11.0. The van der Waals surface area contributed by atoms with E-state index < -0.39 is 5.97 Å². The van der Waals surface area contributed by atoms with Crippen molar-refractivity contribution in [2.75, 3.05) is 0 Å². The first kappa shape index (κ1) is 16.8. The highest BCUT2D eigenvalue weighted by molar-refractivity contribution is 5.77. The lowest BCUT2D eigenvalue weighted by molar-refractivity contribution is -0.136. The van der Waals surface area contributed by atoms with Crippen LogP contribution in [0.4, 0.5) is 0 Å². The molecule has 0 atom stereocenters. The minimum atomic E-state index is -0.867. The van der Waals surface area contributed by atoms with Crippen LogP contribution in [0.1, 0.15) is 12.0 Å². The molecule has 0 bridgehead atoms. The largest absolute Gasteiger partial charge is 0.505 e. The molecule has 0 fully saturated rings. The van der Waals surface area contributed by atoms with Gasteiger partial charge in [-0.1, -0.05) is 42.5 Å². The third-order valence-corrected chi connectivity index (χ3v) is 4.36. The standard InChI is InChI=1S/C21H17N3O3/c25-20(26)11-10-14-12-16(15-6-2-1-3-7-15)21(27)19(13-14)24-22-17-8-4-5-9-18(17)23-24/h1-9,12-13,27H,10-11H2,(H,25,26). The summed E-state index contributed by atoms with van der Waals surface area (Å²) in [5.74, 6) is -0.811. The van der Waals surface area contributed by atoms with Crippen molar-refractivity contribution in [3.8, 4) is 22.6 Å². The summed E-state index contributed by atoms with van der Waals surface area (Å²) in [6.07, 6.45) is 0.357. The summed E-state index contributed by atoms with van der Waals surface area (Å²) in [5, 5.41) is 28.8. The molecular formula is C21H17N3O3. The van der Waals surface area contributed by atoms with Crippen LogP contribution in [-0.2, 0) is 11.2 Å². The average Bonchev–Trinajstić information content (AvgIpc) is 3.11. The van der Waals surface area contributed by atoms with Crippen LogP contribution in [0, 0.1) is 0 Å². The zero-order valence-electron chi connectivity index (χ0n) is 14.4. The molecule has 134 valence electrons. The molecule has 0 aliphatic carbocycles. The molecule has 1 heterocycles. The molecule has 0 amide bonds. The van der Waals surface area contributed by atoms with E-state index in [1.807, 2.05) is 60.7 Å². The smallest absolute Gasteiger partial charge is 0.303 e. The molecule has 1 aromatic heterocycles. The topological polar surface area (TPSA) is 88.2 Å². The van der Waals surface area contributed by atoms with Crippen LogP contribution in [-0.4, -0.2) is 31.2 Å². The van der Waals surface area contributed by atoms with Gasteiger partial charge in [0, 0.05) is 12.0 Å². The number of phenolic OH excluding ortho intramolecular Hbond substituents is 1. The van der Waals surface area contributed by atoms with E-state index in [-0.39, 0.29) is 12.2 Å². The van der Waals surface area contributed by atoms with E-state index in [2.05, 4.69) is 10.2 Å². The highest BCUT2D eigenvalue weighted by Gasteiger charge is 2.16. The molecule has 3 aromatic carbocycles. The molecule has 0 radical (unpaired) electrons. The van der Waals surface area contributed by atoms with Crippen LogP contribution in [0.5, 0.6) is 5.75 Å². The maximum Gasteiger partial charge on any atom is 0.303 e. The summed E-state index contributed by atoms with van der Waals surface area (Å²) < 4.78 is 0. The van der Waals surface area contributed by atoms with Crippen LogP contribution < -0.4 is 0 Å². The van der Waals surface area contributed by atoms with E-state index in [1.165, 1.54) is 4.80 Å². The number of aliphatic carboxylic acids is 1. The second-order valence-electron chi connectivity index (χ2n) is 6.25. The minimum absolute atomic E-state index is 0.00690. The van der Waals surface area contributed by atoms with Crippen LogP contribution in [0.2, 0.25) is 0 Å². The van der Waals surface area contributed by atoms with E-state index in [1.54, 1.807) is 6.07 Å². The normalized spacial score (nSPS) is 11.0. The van der Waals surface area contributed by atoms with Gasteiger partial charge in [-0.05, 0) is 41.8 Å². The Kier molecular flexibility index (Phi) is 4.30. The molecule has 6 heteroatoms. The number of nitrogens with zero attached hydrogens (tertiary/aromatic N) is 3. The van der Waals surface area contributed by atoms with Gasteiger partial charge in [-0.15, -0.1) is 15.0 Å². The highest BCUT2D eigenvalue weighted by Crippen LogP contribution is 2.36. The fourth-order valence-corrected chi connectivity index (χ4v) is 3.03. The highest BCUT2D eigenvalue weighted by atomic mass is 16.4. The molecule has 4 rings (SSSR count). The number of rotatable bonds is 5. The number of aromatic hydroxyl groups is 1. The summed E-state index contributed by atoms with van der Waals surface area (Å²) in [4.78, 5) is 12.4. The van der Waals surface area contributed by atoms with Gasteiger partial charge < -0.3 is 10.2 Å².